The summed E-state index contributed by atoms with van der Waals surface area (Å²) in [5, 5.41) is 2.51. The maximum atomic E-state index is 5.16. The van der Waals surface area contributed by atoms with E-state index < -0.39 is 0 Å². The molecule has 1 aliphatic carbocycles. The van der Waals surface area contributed by atoms with Crippen molar-refractivity contribution in [3.05, 3.63) is 140 Å². The second-order valence-electron chi connectivity index (χ2n) is 10.1. The Balaban J connectivity index is 1.32. The van der Waals surface area contributed by atoms with Crippen molar-refractivity contribution in [3.63, 3.8) is 0 Å². The average Bonchev–Trinajstić information content (AvgIpc) is 3.37. The first kappa shape index (κ1) is 22.6. The van der Waals surface area contributed by atoms with Gasteiger partial charge in [-0.25, -0.2) is 9.97 Å². The third-order valence-electron chi connectivity index (χ3n) is 7.78. The van der Waals surface area contributed by atoms with Crippen LogP contribution in [0.15, 0.2) is 140 Å². The molecule has 0 aliphatic heterocycles. The summed E-state index contributed by atoms with van der Waals surface area (Å²) in [5.74, 6) is 0.712. The first-order valence-corrected chi connectivity index (χ1v) is 13.4. The molecular weight excluding hydrogens is 486 g/mol. The maximum Gasteiger partial charge on any atom is 0.160 e. The van der Waals surface area contributed by atoms with E-state index in [0.29, 0.717) is 5.82 Å². The molecule has 3 nitrogen and oxygen atoms in total. The van der Waals surface area contributed by atoms with Gasteiger partial charge in [0.2, 0.25) is 0 Å². The Morgan fingerprint density at radius 3 is 1.75 bits per heavy atom. The number of aromatic nitrogens is 3. The molecule has 0 amide bonds. The summed E-state index contributed by atoms with van der Waals surface area (Å²) < 4.78 is 0. The van der Waals surface area contributed by atoms with E-state index in [4.69, 9.17) is 9.97 Å². The van der Waals surface area contributed by atoms with Gasteiger partial charge in [-0.2, -0.15) is 0 Å². The van der Waals surface area contributed by atoms with Gasteiger partial charge in [0.15, 0.2) is 5.82 Å². The Kier molecular flexibility index (Phi) is 5.14. The topological polar surface area (TPSA) is 38.7 Å². The van der Waals surface area contributed by atoms with Crippen LogP contribution in [0.4, 0.5) is 0 Å². The van der Waals surface area contributed by atoms with Crippen LogP contribution in [0, 0.1) is 0 Å². The van der Waals surface area contributed by atoms with Crippen LogP contribution in [-0.4, -0.2) is 15.0 Å². The lowest BCUT2D eigenvalue weighted by molar-refractivity contribution is 1.18. The second kappa shape index (κ2) is 9.11. The van der Waals surface area contributed by atoms with Crippen molar-refractivity contribution < 1.29 is 0 Å². The van der Waals surface area contributed by atoms with Gasteiger partial charge in [-0.3, -0.25) is 4.98 Å². The molecule has 0 radical (unpaired) electrons. The zero-order valence-corrected chi connectivity index (χ0v) is 21.6. The van der Waals surface area contributed by atoms with Crippen molar-refractivity contribution in [1.29, 1.82) is 0 Å². The zero-order valence-electron chi connectivity index (χ0n) is 21.6. The van der Waals surface area contributed by atoms with Gasteiger partial charge in [0, 0.05) is 29.1 Å². The van der Waals surface area contributed by atoms with Crippen LogP contribution in [0.2, 0.25) is 0 Å². The summed E-state index contributed by atoms with van der Waals surface area (Å²) in [5.41, 5.74) is 12.4. The molecule has 2 aromatic heterocycles. The van der Waals surface area contributed by atoms with Gasteiger partial charge in [-0.1, -0.05) is 109 Å². The molecule has 5 aromatic carbocycles. The Morgan fingerprint density at radius 2 is 0.975 bits per heavy atom. The maximum absolute atomic E-state index is 5.16. The Morgan fingerprint density at radius 1 is 0.375 bits per heavy atom. The van der Waals surface area contributed by atoms with Crippen LogP contribution in [-0.2, 0) is 0 Å². The van der Waals surface area contributed by atoms with Gasteiger partial charge in [-0.15, -0.1) is 0 Å². The molecule has 7 aromatic rings. The molecule has 186 valence electrons. The van der Waals surface area contributed by atoms with Crippen molar-refractivity contribution >= 4 is 10.8 Å². The average molecular weight is 510 g/mol. The van der Waals surface area contributed by atoms with E-state index in [0.717, 1.165) is 39.2 Å². The van der Waals surface area contributed by atoms with E-state index in [1.165, 1.54) is 33.0 Å². The lowest BCUT2D eigenvalue weighted by atomic mass is 9.96. The molecule has 2 heterocycles. The molecule has 0 saturated carbocycles. The predicted molar refractivity (Wildman–Crippen MR) is 164 cm³/mol. The number of pyridine rings is 1. The highest BCUT2D eigenvalue weighted by atomic mass is 14.9. The van der Waals surface area contributed by atoms with Crippen LogP contribution in [0.1, 0.15) is 0 Å². The fourth-order valence-electron chi connectivity index (χ4n) is 5.86. The minimum atomic E-state index is 0.712. The third-order valence-corrected chi connectivity index (χ3v) is 7.78. The first-order chi connectivity index (χ1) is 19.8. The summed E-state index contributed by atoms with van der Waals surface area (Å²) in [6, 6.07) is 44.7. The lowest BCUT2D eigenvalue weighted by Gasteiger charge is -2.13. The highest BCUT2D eigenvalue weighted by molar-refractivity contribution is 6.18. The molecule has 0 saturated heterocycles. The van der Waals surface area contributed by atoms with Crippen LogP contribution >= 0.6 is 0 Å². The van der Waals surface area contributed by atoms with Crippen molar-refractivity contribution in [3.8, 4) is 67.3 Å². The zero-order chi connectivity index (χ0) is 26.5. The second-order valence-corrected chi connectivity index (χ2v) is 10.1. The standard InChI is InChI=1S/C37H23N3/c1-2-7-26(8-3-1)34-23-35(40-37(39-34)27-15-13-24(14-16-27)25-19-21-38-22-20-25)30-17-18-33-29-10-5-4-9-28(29)31-11-6-12-32(30)36(31)33/h1-23H. The molecule has 0 unspecified atom stereocenters. The number of hydrogen-bond acceptors (Lipinski definition) is 3. The van der Waals surface area contributed by atoms with E-state index in [1.807, 2.05) is 30.6 Å². The highest BCUT2D eigenvalue weighted by Crippen LogP contribution is 2.49. The number of fused-ring (bicyclic) bond motifs is 3. The van der Waals surface area contributed by atoms with Gasteiger partial charge in [0.25, 0.3) is 0 Å². The molecule has 0 N–H and O–H groups in total. The minimum absolute atomic E-state index is 0.712. The minimum Gasteiger partial charge on any atom is -0.265 e. The summed E-state index contributed by atoms with van der Waals surface area (Å²) >= 11 is 0. The van der Waals surface area contributed by atoms with Crippen molar-refractivity contribution in [2.24, 2.45) is 0 Å². The van der Waals surface area contributed by atoms with E-state index in [9.17, 15) is 0 Å². The summed E-state index contributed by atoms with van der Waals surface area (Å²) in [6.07, 6.45) is 3.64. The highest BCUT2D eigenvalue weighted by Gasteiger charge is 2.23. The van der Waals surface area contributed by atoms with Crippen molar-refractivity contribution in [2.45, 2.75) is 0 Å². The van der Waals surface area contributed by atoms with E-state index in [2.05, 4.69) is 114 Å². The summed E-state index contributed by atoms with van der Waals surface area (Å²) in [6.45, 7) is 0. The monoisotopic (exact) mass is 509 g/mol. The van der Waals surface area contributed by atoms with Crippen LogP contribution < -0.4 is 0 Å². The Labute approximate surface area is 232 Å². The largest absolute Gasteiger partial charge is 0.265 e. The number of nitrogens with zero attached hydrogens (tertiary/aromatic N) is 3. The Bertz CT molecular complexity index is 2000. The van der Waals surface area contributed by atoms with Crippen molar-refractivity contribution in [1.82, 2.24) is 15.0 Å². The summed E-state index contributed by atoms with van der Waals surface area (Å²) in [7, 11) is 0. The molecule has 8 rings (SSSR count). The van der Waals surface area contributed by atoms with Crippen molar-refractivity contribution in [2.75, 3.05) is 0 Å². The molecule has 0 bridgehead atoms. The Hall–Kier alpha value is -5.41. The number of hydrogen-bond donors (Lipinski definition) is 0. The van der Waals surface area contributed by atoms with Gasteiger partial charge in [0.05, 0.1) is 11.4 Å². The van der Waals surface area contributed by atoms with Gasteiger partial charge < -0.3 is 0 Å². The fourth-order valence-corrected chi connectivity index (χ4v) is 5.86. The molecule has 40 heavy (non-hydrogen) atoms. The SMILES string of the molecule is c1ccc(-c2cc(-c3ccc4c5c(cccc35)-c3ccccc3-4)nc(-c3ccc(-c4ccncc4)cc3)n2)cc1. The van der Waals surface area contributed by atoms with Gasteiger partial charge >= 0.3 is 0 Å². The summed E-state index contributed by atoms with van der Waals surface area (Å²) in [4.78, 5) is 14.3. The molecule has 0 atom stereocenters. The number of benzene rings is 5. The van der Waals surface area contributed by atoms with Crippen LogP contribution in [0.25, 0.3) is 78.1 Å². The van der Waals surface area contributed by atoms with E-state index in [-0.39, 0.29) is 0 Å². The van der Waals surface area contributed by atoms with Gasteiger partial charge in [0.1, 0.15) is 0 Å². The molecule has 3 heteroatoms. The van der Waals surface area contributed by atoms with Gasteiger partial charge in [-0.05, 0) is 62.4 Å². The van der Waals surface area contributed by atoms with Crippen LogP contribution in [0.5, 0.6) is 0 Å². The predicted octanol–water partition coefficient (Wildman–Crippen LogP) is 9.34. The molecule has 0 spiro atoms. The molecule has 1 aliphatic rings. The number of rotatable bonds is 4. The van der Waals surface area contributed by atoms with Crippen LogP contribution in [0.3, 0.4) is 0 Å². The molecule has 0 fully saturated rings. The van der Waals surface area contributed by atoms with E-state index in [1.54, 1.807) is 0 Å². The van der Waals surface area contributed by atoms with E-state index >= 15 is 0 Å². The lowest BCUT2D eigenvalue weighted by Crippen LogP contribution is -1.96. The normalized spacial score (nSPS) is 11.5. The molecular formula is C37H23N3. The first-order valence-electron chi connectivity index (χ1n) is 13.4. The fraction of sp³-hybridized carbons (Fsp3) is 0. The third kappa shape index (κ3) is 3.63. The quantitative estimate of drug-likeness (QED) is 0.237. The smallest absolute Gasteiger partial charge is 0.160 e.